The van der Waals surface area contributed by atoms with Crippen LogP contribution in [0.25, 0.3) is 33.5 Å². The van der Waals surface area contributed by atoms with Gasteiger partial charge in [0.15, 0.2) is 5.82 Å². The van der Waals surface area contributed by atoms with Crippen LogP contribution >= 0.6 is 12.4 Å². The lowest BCUT2D eigenvalue weighted by Crippen LogP contribution is -2.43. The van der Waals surface area contributed by atoms with Crippen LogP contribution in [0.4, 0.5) is 5.69 Å². The molecule has 6 rings (SSSR count). The summed E-state index contributed by atoms with van der Waals surface area (Å²) < 4.78 is 5.16. The molecule has 0 radical (unpaired) electrons. The molecule has 0 unspecified atom stereocenters. The van der Waals surface area contributed by atoms with Crippen molar-refractivity contribution >= 4 is 35.0 Å². The zero-order valence-electron chi connectivity index (χ0n) is 24.2. The molecule has 1 fully saturated rings. The number of carbonyl (C=O) groups is 1. The average molecular weight is 587 g/mol. The highest BCUT2D eigenvalue weighted by molar-refractivity contribution is 5.94. The molecular weight excluding hydrogens is 552 g/mol. The van der Waals surface area contributed by atoms with E-state index >= 15 is 0 Å². The van der Waals surface area contributed by atoms with Crippen LogP contribution in [0, 0.1) is 6.92 Å². The highest BCUT2D eigenvalue weighted by atomic mass is 35.5. The number of piperazine rings is 1. The van der Waals surface area contributed by atoms with Crippen LogP contribution in [0.5, 0.6) is 0 Å². The molecule has 10 nitrogen and oxygen atoms in total. The summed E-state index contributed by atoms with van der Waals surface area (Å²) in [4.78, 5) is 31.8. The van der Waals surface area contributed by atoms with Gasteiger partial charge in [0.2, 0.25) is 0 Å². The van der Waals surface area contributed by atoms with Crippen molar-refractivity contribution < 1.29 is 9.32 Å². The fourth-order valence-electron chi connectivity index (χ4n) is 5.01. The van der Waals surface area contributed by atoms with E-state index in [9.17, 15) is 4.79 Å². The average Bonchev–Trinajstić information content (AvgIpc) is 3.65. The van der Waals surface area contributed by atoms with E-state index in [-0.39, 0.29) is 23.7 Å². The van der Waals surface area contributed by atoms with Crippen LogP contribution < -0.4 is 15.5 Å². The number of nitrogens with one attached hydrogen (secondary N) is 3. The Morgan fingerprint density at radius 2 is 1.76 bits per heavy atom. The third-order valence-electron chi connectivity index (χ3n) is 7.43. The smallest absolute Gasteiger partial charge is 0.315 e. The highest BCUT2D eigenvalue weighted by Gasteiger charge is 2.24. The zero-order chi connectivity index (χ0) is 28.6. The summed E-state index contributed by atoms with van der Waals surface area (Å²) in [6.45, 7) is 12.3. The van der Waals surface area contributed by atoms with E-state index in [0.717, 1.165) is 70.9 Å². The maximum Gasteiger partial charge on any atom is 0.315 e. The molecular formula is C31H35ClN8O2. The Morgan fingerprint density at radius 3 is 2.45 bits per heavy atom. The molecule has 0 saturated carbocycles. The SMILES string of the molecule is Cc1cc(-c2ncnc3[nH]c(-c4ccc(N5CCNCC5)cc4)cc23)ccc1CNC(=O)c1nc(C(C)(C)C)no1.Cl. The lowest BCUT2D eigenvalue weighted by Gasteiger charge is -2.29. The maximum absolute atomic E-state index is 12.6. The minimum atomic E-state index is -0.394. The molecule has 1 aliphatic rings. The molecule has 2 aromatic carbocycles. The number of amides is 1. The van der Waals surface area contributed by atoms with Gasteiger partial charge in [-0.05, 0) is 47.9 Å². The Kier molecular flexibility index (Phi) is 8.29. The minimum absolute atomic E-state index is 0. The van der Waals surface area contributed by atoms with Crippen molar-refractivity contribution in [3.8, 4) is 22.5 Å². The van der Waals surface area contributed by atoms with Gasteiger partial charge in [0.1, 0.15) is 12.0 Å². The zero-order valence-corrected chi connectivity index (χ0v) is 25.0. The fourth-order valence-corrected chi connectivity index (χ4v) is 5.01. The number of aryl methyl sites for hydroxylation is 1. The second-order valence-electron chi connectivity index (χ2n) is 11.4. The monoisotopic (exact) mass is 586 g/mol. The predicted octanol–water partition coefficient (Wildman–Crippen LogP) is 5.04. The number of hydrogen-bond donors (Lipinski definition) is 3. The third kappa shape index (κ3) is 6.00. The van der Waals surface area contributed by atoms with Crippen molar-refractivity contribution in [1.29, 1.82) is 0 Å². The van der Waals surface area contributed by atoms with Crippen molar-refractivity contribution in [2.24, 2.45) is 0 Å². The van der Waals surface area contributed by atoms with E-state index in [1.54, 1.807) is 6.33 Å². The van der Waals surface area contributed by atoms with Gasteiger partial charge < -0.3 is 25.0 Å². The quantitative estimate of drug-likeness (QED) is 0.253. The van der Waals surface area contributed by atoms with Crippen LogP contribution in [0.1, 0.15) is 48.4 Å². The lowest BCUT2D eigenvalue weighted by molar-refractivity contribution is 0.0907. The minimum Gasteiger partial charge on any atom is -0.369 e. The number of hydrogen-bond acceptors (Lipinski definition) is 8. The summed E-state index contributed by atoms with van der Waals surface area (Å²) >= 11 is 0. The first-order valence-corrected chi connectivity index (χ1v) is 13.9. The predicted molar refractivity (Wildman–Crippen MR) is 166 cm³/mol. The van der Waals surface area contributed by atoms with Gasteiger partial charge in [-0.1, -0.05) is 50.2 Å². The van der Waals surface area contributed by atoms with Crippen molar-refractivity contribution in [1.82, 2.24) is 35.7 Å². The molecule has 4 heterocycles. The molecule has 0 atom stereocenters. The van der Waals surface area contributed by atoms with E-state index < -0.39 is 5.91 Å². The Balaban J connectivity index is 0.00000353. The second kappa shape index (κ2) is 11.9. The molecule has 42 heavy (non-hydrogen) atoms. The van der Waals surface area contributed by atoms with Crippen LogP contribution in [-0.4, -0.2) is 57.2 Å². The summed E-state index contributed by atoms with van der Waals surface area (Å²) in [7, 11) is 0. The number of rotatable bonds is 6. The highest BCUT2D eigenvalue weighted by Crippen LogP contribution is 2.31. The summed E-state index contributed by atoms with van der Waals surface area (Å²) in [6.07, 6.45) is 1.59. The first kappa shape index (κ1) is 29.2. The van der Waals surface area contributed by atoms with Gasteiger partial charge in [0, 0.05) is 60.5 Å². The number of anilines is 1. The number of fused-ring (bicyclic) bond motifs is 1. The first-order valence-electron chi connectivity index (χ1n) is 13.9. The Hall–Kier alpha value is -4.28. The van der Waals surface area contributed by atoms with Gasteiger partial charge in [-0.3, -0.25) is 4.79 Å². The maximum atomic E-state index is 12.6. The van der Waals surface area contributed by atoms with E-state index in [1.165, 1.54) is 5.69 Å². The summed E-state index contributed by atoms with van der Waals surface area (Å²) in [5, 5.41) is 11.2. The van der Waals surface area contributed by atoms with Crippen molar-refractivity contribution in [3.63, 3.8) is 0 Å². The van der Waals surface area contributed by atoms with Gasteiger partial charge >= 0.3 is 11.8 Å². The molecule has 0 spiro atoms. The van der Waals surface area contributed by atoms with Gasteiger partial charge in [0.25, 0.3) is 0 Å². The molecule has 1 amide bonds. The van der Waals surface area contributed by atoms with E-state index in [4.69, 9.17) is 4.52 Å². The van der Waals surface area contributed by atoms with Crippen molar-refractivity contribution in [2.45, 2.75) is 39.7 Å². The second-order valence-corrected chi connectivity index (χ2v) is 11.4. The molecule has 11 heteroatoms. The Bertz CT molecular complexity index is 1700. The molecule has 1 saturated heterocycles. The Labute approximate surface area is 250 Å². The number of carbonyl (C=O) groups excluding carboxylic acids is 1. The molecule has 0 aliphatic carbocycles. The van der Waals surface area contributed by atoms with Crippen molar-refractivity contribution in [2.75, 3.05) is 31.1 Å². The van der Waals surface area contributed by atoms with E-state index in [0.29, 0.717) is 12.4 Å². The molecule has 1 aliphatic heterocycles. The number of benzene rings is 2. The van der Waals surface area contributed by atoms with Crippen LogP contribution in [0.15, 0.2) is 59.4 Å². The normalized spacial score (nSPS) is 13.7. The van der Waals surface area contributed by atoms with Gasteiger partial charge in [-0.25, -0.2) is 9.97 Å². The molecule has 3 aromatic heterocycles. The standard InChI is InChI=1S/C31H34N8O2.ClH/c1-19-15-21(5-6-22(19)17-33-28(40)29-37-30(38-41-29)31(2,3)4)26-24-16-25(36-27(24)35-18-34-26)20-7-9-23(10-8-20)39-13-11-32-12-14-39;/h5-10,15-16,18,32H,11-14,17H2,1-4H3,(H,33,40)(H,34,35,36);1H. The van der Waals surface area contributed by atoms with Gasteiger partial charge in [-0.15, -0.1) is 12.4 Å². The number of halogens is 1. The molecule has 3 N–H and O–H groups in total. The van der Waals surface area contributed by atoms with Crippen LogP contribution in [0.3, 0.4) is 0 Å². The summed E-state index contributed by atoms with van der Waals surface area (Å²) in [5.74, 6) is 0.0728. The van der Waals surface area contributed by atoms with Crippen LogP contribution in [0.2, 0.25) is 0 Å². The number of aromatic nitrogens is 5. The molecule has 0 bridgehead atoms. The number of H-pyrrole nitrogens is 1. The fraction of sp³-hybridized carbons (Fsp3) is 0.323. The lowest BCUT2D eigenvalue weighted by atomic mass is 9.96. The van der Waals surface area contributed by atoms with Gasteiger partial charge in [-0.2, -0.15) is 4.98 Å². The summed E-state index contributed by atoms with van der Waals surface area (Å²) in [6, 6.07) is 16.9. The Morgan fingerprint density at radius 1 is 1.02 bits per heavy atom. The van der Waals surface area contributed by atoms with E-state index in [1.807, 2.05) is 39.8 Å². The van der Waals surface area contributed by atoms with E-state index in [2.05, 4.69) is 77.0 Å². The largest absolute Gasteiger partial charge is 0.369 e. The first-order chi connectivity index (χ1) is 19.8. The molecule has 5 aromatic rings. The summed E-state index contributed by atoms with van der Waals surface area (Å²) in [5.41, 5.74) is 7.70. The third-order valence-corrected chi connectivity index (χ3v) is 7.43. The molecule has 218 valence electrons. The number of aromatic amines is 1. The van der Waals surface area contributed by atoms with Gasteiger partial charge in [0.05, 0.1) is 5.69 Å². The van der Waals surface area contributed by atoms with Crippen molar-refractivity contribution in [3.05, 3.63) is 77.7 Å². The van der Waals surface area contributed by atoms with Crippen LogP contribution in [-0.2, 0) is 12.0 Å². The number of nitrogens with zero attached hydrogens (tertiary/aromatic N) is 5. The topological polar surface area (TPSA) is 125 Å².